The van der Waals surface area contributed by atoms with Crippen molar-refractivity contribution in [1.82, 2.24) is 0 Å². The standard InChI is InChI=1S/C13H10BrNO3S/c1-7-3-2-4-9(11(7)13(17)18)15-12(16)8-5-10(14)19-6-8/h2-6H,1H3,(H,15,16)(H,17,18). The molecule has 0 radical (unpaired) electrons. The molecule has 1 aromatic carbocycles. The first kappa shape index (κ1) is 13.8. The van der Waals surface area contributed by atoms with E-state index in [9.17, 15) is 14.7 Å². The van der Waals surface area contributed by atoms with E-state index >= 15 is 0 Å². The minimum Gasteiger partial charge on any atom is -0.478 e. The summed E-state index contributed by atoms with van der Waals surface area (Å²) in [6.07, 6.45) is 0. The van der Waals surface area contributed by atoms with Crippen molar-refractivity contribution in [3.8, 4) is 0 Å². The molecule has 0 spiro atoms. The van der Waals surface area contributed by atoms with E-state index in [0.29, 0.717) is 16.8 Å². The zero-order valence-electron chi connectivity index (χ0n) is 9.94. The van der Waals surface area contributed by atoms with Crippen LogP contribution in [0.2, 0.25) is 0 Å². The first-order valence-electron chi connectivity index (χ1n) is 5.37. The van der Waals surface area contributed by atoms with Crippen LogP contribution < -0.4 is 5.32 Å². The number of carbonyl (C=O) groups is 2. The minimum atomic E-state index is -1.06. The van der Waals surface area contributed by atoms with Gasteiger partial charge in [0.25, 0.3) is 5.91 Å². The molecule has 0 saturated carbocycles. The summed E-state index contributed by atoms with van der Waals surface area (Å²) in [6, 6.07) is 6.67. The van der Waals surface area contributed by atoms with Crippen LogP contribution in [-0.2, 0) is 0 Å². The van der Waals surface area contributed by atoms with Crippen molar-refractivity contribution >= 4 is 44.8 Å². The third-order valence-electron chi connectivity index (χ3n) is 2.56. The highest BCUT2D eigenvalue weighted by Gasteiger charge is 2.16. The second-order valence-corrected chi connectivity index (χ2v) is 6.19. The predicted octanol–water partition coefficient (Wildman–Crippen LogP) is 3.77. The fraction of sp³-hybridized carbons (Fsp3) is 0.0769. The fourth-order valence-corrected chi connectivity index (χ4v) is 2.82. The topological polar surface area (TPSA) is 66.4 Å². The van der Waals surface area contributed by atoms with E-state index in [4.69, 9.17) is 0 Å². The van der Waals surface area contributed by atoms with Crippen LogP contribution in [0, 0.1) is 6.92 Å². The number of rotatable bonds is 3. The Labute approximate surface area is 122 Å². The zero-order chi connectivity index (χ0) is 14.0. The van der Waals surface area contributed by atoms with Gasteiger partial charge in [-0.3, -0.25) is 4.79 Å². The number of carboxylic acid groups (broad SMARTS) is 1. The Bertz CT molecular complexity index is 651. The summed E-state index contributed by atoms with van der Waals surface area (Å²) in [5.74, 6) is -1.38. The number of amides is 1. The van der Waals surface area contributed by atoms with Crippen LogP contribution in [0.15, 0.2) is 33.4 Å². The van der Waals surface area contributed by atoms with Crippen LogP contribution >= 0.6 is 27.3 Å². The van der Waals surface area contributed by atoms with Crippen LogP contribution in [-0.4, -0.2) is 17.0 Å². The van der Waals surface area contributed by atoms with Crippen molar-refractivity contribution in [1.29, 1.82) is 0 Å². The molecule has 2 N–H and O–H groups in total. The molecule has 1 amide bonds. The first-order valence-corrected chi connectivity index (χ1v) is 7.04. The van der Waals surface area contributed by atoms with Crippen molar-refractivity contribution in [3.63, 3.8) is 0 Å². The van der Waals surface area contributed by atoms with E-state index in [1.807, 2.05) is 0 Å². The Morgan fingerprint density at radius 2 is 2.11 bits per heavy atom. The Morgan fingerprint density at radius 1 is 1.37 bits per heavy atom. The maximum Gasteiger partial charge on any atom is 0.338 e. The van der Waals surface area contributed by atoms with E-state index in [-0.39, 0.29) is 11.5 Å². The molecule has 0 aliphatic carbocycles. The van der Waals surface area contributed by atoms with E-state index in [0.717, 1.165) is 3.79 Å². The average molecular weight is 340 g/mol. The maximum absolute atomic E-state index is 12.0. The summed E-state index contributed by atoms with van der Waals surface area (Å²) in [5.41, 5.74) is 1.52. The van der Waals surface area contributed by atoms with Gasteiger partial charge in [-0.1, -0.05) is 12.1 Å². The normalized spacial score (nSPS) is 10.2. The molecular formula is C13H10BrNO3S. The van der Waals surface area contributed by atoms with E-state index in [1.165, 1.54) is 11.3 Å². The number of carboxylic acids is 1. The molecule has 0 atom stereocenters. The molecule has 2 aromatic rings. The number of halogens is 1. The molecule has 0 saturated heterocycles. The van der Waals surface area contributed by atoms with Gasteiger partial charge in [0.15, 0.2) is 0 Å². The number of carbonyl (C=O) groups excluding carboxylic acids is 1. The maximum atomic E-state index is 12.0. The summed E-state index contributed by atoms with van der Waals surface area (Å²) >= 11 is 4.68. The molecule has 19 heavy (non-hydrogen) atoms. The SMILES string of the molecule is Cc1cccc(NC(=O)c2csc(Br)c2)c1C(=O)O. The Kier molecular flexibility index (Phi) is 4.01. The van der Waals surface area contributed by atoms with Crippen molar-refractivity contribution < 1.29 is 14.7 Å². The second-order valence-electron chi connectivity index (χ2n) is 3.90. The van der Waals surface area contributed by atoms with Gasteiger partial charge in [-0.2, -0.15) is 0 Å². The molecule has 0 aliphatic rings. The molecule has 2 rings (SSSR count). The van der Waals surface area contributed by atoms with Gasteiger partial charge < -0.3 is 10.4 Å². The Balaban J connectivity index is 2.31. The van der Waals surface area contributed by atoms with Crippen molar-refractivity contribution in [2.75, 3.05) is 5.32 Å². The third kappa shape index (κ3) is 3.02. The molecule has 0 bridgehead atoms. The number of hydrogen-bond acceptors (Lipinski definition) is 3. The van der Waals surface area contributed by atoms with Gasteiger partial charge >= 0.3 is 5.97 Å². The molecule has 0 unspecified atom stereocenters. The lowest BCUT2D eigenvalue weighted by Crippen LogP contribution is -2.14. The number of aromatic carboxylic acids is 1. The van der Waals surface area contributed by atoms with Gasteiger partial charge in [0.2, 0.25) is 0 Å². The molecule has 98 valence electrons. The highest BCUT2D eigenvalue weighted by Crippen LogP contribution is 2.23. The van der Waals surface area contributed by atoms with E-state index < -0.39 is 5.97 Å². The van der Waals surface area contributed by atoms with Crippen LogP contribution in [0.5, 0.6) is 0 Å². The number of anilines is 1. The summed E-state index contributed by atoms with van der Waals surface area (Å²) in [4.78, 5) is 23.2. The molecule has 0 aliphatic heterocycles. The lowest BCUT2D eigenvalue weighted by molar-refractivity contribution is 0.0697. The monoisotopic (exact) mass is 339 g/mol. The smallest absolute Gasteiger partial charge is 0.338 e. The molecule has 4 nitrogen and oxygen atoms in total. The van der Waals surface area contributed by atoms with Crippen LogP contribution in [0.1, 0.15) is 26.3 Å². The highest BCUT2D eigenvalue weighted by molar-refractivity contribution is 9.11. The molecular weight excluding hydrogens is 330 g/mol. The van der Waals surface area contributed by atoms with Gasteiger partial charge in [-0.05, 0) is 40.5 Å². The van der Waals surface area contributed by atoms with Crippen molar-refractivity contribution in [3.05, 3.63) is 50.1 Å². The van der Waals surface area contributed by atoms with Gasteiger partial charge in [-0.15, -0.1) is 11.3 Å². The molecule has 6 heteroatoms. The largest absolute Gasteiger partial charge is 0.478 e. The fourth-order valence-electron chi connectivity index (χ4n) is 1.68. The highest BCUT2D eigenvalue weighted by atomic mass is 79.9. The summed E-state index contributed by atoms with van der Waals surface area (Å²) in [5, 5.41) is 13.5. The van der Waals surface area contributed by atoms with Crippen molar-refractivity contribution in [2.24, 2.45) is 0 Å². The van der Waals surface area contributed by atoms with Crippen LogP contribution in [0.25, 0.3) is 0 Å². The summed E-state index contributed by atoms with van der Waals surface area (Å²) in [7, 11) is 0. The zero-order valence-corrected chi connectivity index (χ0v) is 12.3. The predicted molar refractivity (Wildman–Crippen MR) is 78.1 cm³/mol. The number of benzene rings is 1. The third-order valence-corrected chi connectivity index (χ3v) is 4.07. The van der Waals surface area contributed by atoms with Crippen LogP contribution in [0.4, 0.5) is 5.69 Å². The quantitative estimate of drug-likeness (QED) is 0.894. The molecule has 0 fully saturated rings. The van der Waals surface area contributed by atoms with Gasteiger partial charge in [-0.25, -0.2) is 4.79 Å². The molecule has 1 heterocycles. The van der Waals surface area contributed by atoms with E-state index in [1.54, 1.807) is 36.6 Å². The summed E-state index contributed by atoms with van der Waals surface area (Å²) < 4.78 is 0.848. The van der Waals surface area contributed by atoms with E-state index in [2.05, 4.69) is 21.2 Å². The Morgan fingerprint density at radius 3 is 2.68 bits per heavy atom. The lowest BCUT2D eigenvalue weighted by Gasteiger charge is -2.09. The Hall–Kier alpha value is -1.66. The number of aryl methyl sites for hydroxylation is 1. The van der Waals surface area contributed by atoms with Crippen molar-refractivity contribution in [2.45, 2.75) is 6.92 Å². The average Bonchev–Trinajstić information content (AvgIpc) is 2.75. The minimum absolute atomic E-state index is 0.116. The lowest BCUT2D eigenvalue weighted by atomic mass is 10.1. The number of thiophene rings is 1. The number of hydrogen-bond donors (Lipinski definition) is 2. The number of nitrogens with one attached hydrogen (secondary N) is 1. The second kappa shape index (κ2) is 5.54. The van der Waals surface area contributed by atoms with Gasteiger partial charge in [0.05, 0.1) is 20.6 Å². The van der Waals surface area contributed by atoms with Gasteiger partial charge in [0.1, 0.15) is 0 Å². The first-order chi connectivity index (χ1) is 8.99. The van der Waals surface area contributed by atoms with Crippen LogP contribution in [0.3, 0.4) is 0 Å². The summed E-state index contributed by atoms with van der Waals surface area (Å²) in [6.45, 7) is 1.69. The molecule has 1 aromatic heterocycles. The van der Waals surface area contributed by atoms with Gasteiger partial charge in [0, 0.05) is 5.38 Å².